The molecule has 0 spiro atoms. The molecule has 0 fully saturated rings. The van der Waals surface area contributed by atoms with Gasteiger partial charge in [-0.3, -0.25) is 4.79 Å². The van der Waals surface area contributed by atoms with Crippen LogP contribution in [-0.4, -0.2) is 27.7 Å². The first-order valence-electron chi connectivity index (χ1n) is 3.96. The second kappa shape index (κ2) is 4.39. The second-order valence-corrected chi connectivity index (χ2v) is 2.55. The van der Waals surface area contributed by atoms with E-state index in [1.54, 1.807) is 19.5 Å². The minimum Gasteiger partial charge on any atom is -0.356 e. The first kappa shape index (κ1) is 9.44. The standard InChI is InChI=1S/C8H12N4O/c1-7-11-10-6-12(7)5-3-4-8(13)9-2/h3-4,6H,5H2,1-2H3,(H,9,13)/b4-3+. The fourth-order valence-corrected chi connectivity index (χ4v) is 0.849. The van der Waals surface area contributed by atoms with Crippen LogP contribution in [0.5, 0.6) is 0 Å². The van der Waals surface area contributed by atoms with Crippen molar-refractivity contribution in [2.24, 2.45) is 0 Å². The summed E-state index contributed by atoms with van der Waals surface area (Å²) < 4.78 is 1.85. The van der Waals surface area contributed by atoms with Crippen molar-refractivity contribution in [1.29, 1.82) is 0 Å². The van der Waals surface area contributed by atoms with E-state index >= 15 is 0 Å². The van der Waals surface area contributed by atoms with Gasteiger partial charge in [0.15, 0.2) is 0 Å². The van der Waals surface area contributed by atoms with Gasteiger partial charge in [-0.15, -0.1) is 10.2 Å². The van der Waals surface area contributed by atoms with E-state index in [0.717, 1.165) is 5.82 Å². The molecule has 0 radical (unpaired) electrons. The lowest BCUT2D eigenvalue weighted by Gasteiger charge is -1.96. The molecule has 0 aliphatic carbocycles. The van der Waals surface area contributed by atoms with Crippen LogP contribution in [0.15, 0.2) is 18.5 Å². The van der Waals surface area contributed by atoms with E-state index in [4.69, 9.17) is 0 Å². The number of aryl methyl sites for hydroxylation is 1. The summed E-state index contributed by atoms with van der Waals surface area (Å²) in [7, 11) is 1.59. The van der Waals surface area contributed by atoms with E-state index in [9.17, 15) is 4.79 Å². The normalized spacial score (nSPS) is 10.6. The van der Waals surface area contributed by atoms with Crippen molar-refractivity contribution in [2.75, 3.05) is 7.05 Å². The molecular weight excluding hydrogens is 168 g/mol. The summed E-state index contributed by atoms with van der Waals surface area (Å²) in [6, 6.07) is 0. The molecule has 1 aromatic rings. The maximum atomic E-state index is 10.8. The SMILES string of the molecule is CNC(=O)/C=C/Cn1cnnc1C. The van der Waals surface area contributed by atoms with Gasteiger partial charge < -0.3 is 9.88 Å². The Morgan fingerprint density at radius 2 is 2.54 bits per heavy atom. The highest BCUT2D eigenvalue weighted by molar-refractivity contribution is 5.87. The van der Waals surface area contributed by atoms with E-state index in [1.807, 2.05) is 11.5 Å². The highest BCUT2D eigenvalue weighted by Gasteiger charge is 1.94. The second-order valence-electron chi connectivity index (χ2n) is 2.55. The highest BCUT2D eigenvalue weighted by Crippen LogP contribution is 1.91. The van der Waals surface area contributed by atoms with Gasteiger partial charge in [-0.2, -0.15) is 0 Å². The lowest BCUT2D eigenvalue weighted by molar-refractivity contribution is -0.116. The zero-order valence-electron chi connectivity index (χ0n) is 7.69. The van der Waals surface area contributed by atoms with Crippen molar-refractivity contribution in [3.8, 4) is 0 Å². The summed E-state index contributed by atoms with van der Waals surface area (Å²) in [5.41, 5.74) is 0. The average molecular weight is 180 g/mol. The van der Waals surface area contributed by atoms with Gasteiger partial charge in [0.05, 0.1) is 0 Å². The Labute approximate surface area is 76.5 Å². The molecular formula is C8H12N4O. The van der Waals surface area contributed by atoms with Crippen LogP contribution in [0.4, 0.5) is 0 Å². The van der Waals surface area contributed by atoms with Gasteiger partial charge in [-0.1, -0.05) is 6.08 Å². The predicted octanol–water partition coefficient (Wildman–Crippen LogP) is -0.111. The molecule has 0 unspecified atom stereocenters. The smallest absolute Gasteiger partial charge is 0.243 e. The zero-order valence-corrected chi connectivity index (χ0v) is 7.69. The number of rotatable bonds is 3. The van der Waals surface area contributed by atoms with Gasteiger partial charge in [0, 0.05) is 19.7 Å². The zero-order chi connectivity index (χ0) is 9.68. The number of hydrogen-bond donors (Lipinski definition) is 1. The molecule has 0 aromatic carbocycles. The van der Waals surface area contributed by atoms with Crippen molar-refractivity contribution >= 4 is 5.91 Å². The number of aromatic nitrogens is 3. The van der Waals surface area contributed by atoms with Crippen molar-refractivity contribution in [1.82, 2.24) is 20.1 Å². The Balaban J connectivity index is 2.48. The number of likely N-dealkylation sites (N-methyl/N-ethyl adjacent to an activating group) is 1. The summed E-state index contributed by atoms with van der Waals surface area (Å²) in [5.74, 6) is 0.729. The number of carbonyl (C=O) groups is 1. The molecule has 1 amide bonds. The Bertz CT molecular complexity index is 316. The summed E-state index contributed by atoms with van der Waals surface area (Å²) in [6.45, 7) is 2.48. The average Bonchev–Trinajstić information content (AvgIpc) is 2.52. The van der Waals surface area contributed by atoms with Crippen LogP contribution in [0, 0.1) is 6.92 Å². The molecule has 0 aliphatic rings. The van der Waals surface area contributed by atoms with E-state index in [1.165, 1.54) is 6.08 Å². The van der Waals surface area contributed by atoms with Gasteiger partial charge in [-0.05, 0) is 6.92 Å². The van der Waals surface area contributed by atoms with Crippen LogP contribution in [0.3, 0.4) is 0 Å². The largest absolute Gasteiger partial charge is 0.356 e. The molecule has 0 atom stereocenters. The minimum absolute atomic E-state index is 0.106. The third-order valence-corrected chi connectivity index (χ3v) is 1.63. The van der Waals surface area contributed by atoms with E-state index in [0.29, 0.717) is 6.54 Å². The molecule has 70 valence electrons. The summed E-state index contributed by atoms with van der Waals surface area (Å²) in [5, 5.41) is 10.0. The van der Waals surface area contributed by atoms with Gasteiger partial charge in [0.1, 0.15) is 12.2 Å². The molecule has 5 nitrogen and oxygen atoms in total. The molecule has 1 N–H and O–H groups in total. The van der Waals surface area contributed by atoms with Crippen molar-refractivity contribution in [2.45, 2.75) is 13.5 Å². The Kier molecular flexibility index (Phi) is 3.19. The molecule has 0 saturated carbocycles. The summed E-state index contributed by atoms with van der Waals surface area (Å²) >= 11 is 0. The van der Waals surface area contributed by atoms with Gasteiger partial charge in [0.2, 0.25) is 5.91 Å². The number of hydrogen-bond acceptors (Lipinski definition) is 3. The van der Waals surface area contributed by atoms with Gasteiger partial charge in [0.25, 0.3) is 0 Å². The Morgan fingerprint density at radius 3 is 3.08 bits per heavy atom. The molecule has 0 aliphatic heterocycles. The number of nitrogens with zero attached hydrogens (tertiary/aromatic N) is 3. The predicted molar refractivity (Wildman–Crippen MR) is 48.0 cm³/mol. The third kappa shape index (κ3) is 2.70. The molecule has 0 bridgehead atoms. The maximum Gasteiger partial charge on any atom is 0.243 e. The molecule has 1 rings (SSSR count). The van der Waals surface area contributed by atoms with Crippen LogP contribution >= 0.6 is 0 Å². The molecule has 13 heavy (non-hydrogen) atoms. The summed E-state index contributed by atoms with van der Waals surface area (Å²) in [6.07, 6.45) is 4.87. The highest BCUT2D eigenvalue weighted by atomic mass is 16.1. The number of carbonyl (C=O) groups excluding carboxylic acids is 1. The molecule has 1 heterocycles. The van der Waals surface area contributed by atoms with E-state index < -0.39 is 0 Å². The summed E-state index contributed by atoms with van der Waals surface area (Å²) in [4.78, 5) is 10.8. The first-order valence-corrected chi connectivity index (χ1v) is 3.96. The van der Waals surface area contributed by atoms with Crippen LogP contribution in [-0.2, 0) is 11.3 Å². The van der Waals surface area contributed by atoms with Crippen molar-refractivity contribution in [3.63, 3.8) is 0 Å². The van der Waals surface area contributed by atoms with Gasteiger partial charge in [-0.25, -0.2) is 0 Å². The van der Waals surface area contributed by atoms with Crippen LogP contribution in [0.2, 0.25) is 0 Å². The molecule has 0 saturated heterocycles. The Hall–Kier alpha value is -1.65. The van der Waals surface area contributed by atoms with Gasteiger partial charge >= 0.3 is 0 Å². The molecule has 5 heteroatoms. The fourth-order valence-electron chi connectivity index (χ4n) is 0.849. The minimum atomic E-state index is -0.106. The lowest BCUT2D eigenvalue weighted by atomic mass is 10.4. The van der Waals surface area contributed by atoms with Crippen molar-refractivity contribution < 1.29 is 4.79 Å². The number of amides is 1. The van der Waals surface area contributed by atoms with E-state index in [2.05, 4.69) is 15.5 Å². The first-order chi connectivity index (χ1) is 6.24. The lowest BCUT2D eigenvalue weighted by Crippen LogP contribution is -2.14. The van der Waals surface area contributed by atoms with E-state index in [-0.39, 0.29) is 5.91 Å². The monoisotopic (exact) mass is 180 g/mol. The van der Waals surface area contributed by atoms with Crippen LogP contribution in [0.1, 0.15) is 5.82 Å². The Morgan fingerprint density at radius 1 is 1.77 bits per heavy atom. The topological polar surface area (TPSA) is 59.8 Å². The van der Waals surface area contributed by atoms with Crippen molar-refractivity contribution in [3.05, 3.63) is 24.3 Å². The fraction of sp³-hybridized carbons (Fsp3) is 0.375. The quantitative estimate of drug-likeness (QED) is 0.660. The molecule has 1 aromatic heterocycles. The van der Waals surface area contributed by atoms with Crippen LogP contribution < -0.4 is 5.32 Å². The maximum absolute atomic E-state index is 10.8. The third-order valence-electron chi connectivity index (χ3n) is 1.63. The number of allylic oxidation sites excluding steroid dienone is 1. The van der Waals surface area contributed by atoms with Crippen LogP contribution in [0.25, 0.3) is 0 Å². The number of nitrogens with one attached hydrogen (secondary N) is 1.